The van der Waals surface area contributed by atoms with Gasteiger partial charge in [-0.3, -0.25) is 0 Å². The van der Waals surface area contributed by atoms with Gasteiger partial charge in [0, 0.05) is 18.9 Å². The van der Waals surface area contributed by atoms with E-state index < -0.39 is 12.0 Å². The smallest absolute Gasteiger partial charge is 0.337 e. The van der Waals surface area contributed by atoms with Crippen LogP contribution in [0.15, 0.2) is 12.4 Å². The number of imidazole rings is 1. The van der Waals surface area contributed by atoms with Crippen molar-refractivity contribution in [2.24, 2.45) is 0 Å². The van der Waals surface area contributed by atoms with Crippen LogP contribution in [0.1, 0.15) is 19.8 Å². The molecular formula is C8H12N3O2. The summed E-state index contributed by atoms with van der Waals surface area (Å²) >= 11 is 0. The van der Waals surface area contributed by atoms with Gasteiger partial charge in [-0.25, -0.2) is 14.5 Å². The van der Waals surface area contributed by atoms with E-state index in [-0.39, 0.29) is 0 Å². The largest absolute Gasteiger partial charge is 0.355 e. The number of unbranched alkanes of at least 4 members (excludes halogenated alkanes) is 1. The molecule has 0 aliphatic rings. The highest BCUT2D eigenvalue weighted by molar-refractivity contribution is 5.77. The highest BCUT2D eigenvalue weighted by Crippen LogP contribution is 2.03. The van der Waals surface area contributed by atoms with Crippen molar-refractivity contribution in [2.45, 2.75) is 19.8 Å². The third-order valence-electron chi connectivity index (χ3n) is 1.63. The van der Waals surface area contributed by atoms with Crippen LogP contribution in [-0.2, 0) is 5.11 Å². The number of hydrogen-bond donors (Lipinski definition) is 1. The number of nitrogens with zero attached hydrogens (tertiary/aromatic N) is 2. The molecule has 1 aromatic heterocycles. The van der Waals surface area contributed by atoms with E-state index in [4.69, 9.17) is 0 Å². The predicted molar refractivity (Wildman–Crippen MR) is 46.1 cm³/mol. The van der Waals surface area contributed by atoms with Crippen molar-refractivity contribution in [1.29, 1.82) is 0 Å². The molecule has 1 heterocycles. The molecule has 0 aromatic carbocycles. The fraction of sp³-hybridized carbons (Fsp3) is 0.500. The lowest BCUT2D eigenvalue weighted by molar-refractivity contribution is 0.233. The van der Waals surface area contributed by atoms with Gasteiger partial charge in [-0.2, -0.15) is 4.98 Å². The van der Waals surface area contributed by atoms with E-state index in [9.17, 15) is 9.90 Å². The molecular weight excluding hydrogens is 170 g/mol. The zero-order valence-corrected chi connectivity index (χ0v) is 7.49. The van der Waals surface area contributed by atoms with Crippen LogP contribution in [0.4, 0.5) is 4.79 Å². The summed E-state index contributed by atoms with van der Waals surface area (Å²) in [6.45, 7) is 2.62. The van der Waals surface area contributed by atoms with E-state index >= 15 is 0 Å². The molecule has 0 spiro atoms. The van der Waals surface area contributed by atoms with Gasteiger partial charge in [0.15, 0.2) is 0 Å². The summed E-state index contributed by atoms with van der Waals surface area (Å²) in [4.78, 5) is 14.6. The number of carbonyl (C=O) groups excluding carboxylic acids is 1. The maximum Gasteiger partial charge on any atom is 0.355 e. The molecule has 5 nitrogen and oxygen atoms in total. The molecule has 71 valence electrons. The SMILES string of the molecule is CCCCNC(=O)n1ccnc1[O]. The summed E-state index contributed by atoms with van der Waals surface area (Å²) < 4.78 is 0.954. The van der Waals surface area contributed by atoms with Crippen LogP contribution in [0.25, 0.3) is 0 Å². The molecule has 0 aliphatic carbocycles. The molecule has 0 unspecified atom stereocenters. The number of amides is 1. The van der Waals surface area contributed by atoms with Crippen molar-refractivity contribution in [2.75, 3.05) is 6.54 Å². The fourth-order valence-corrected chi connectivity index (χ4v) is 0.902. The number of hydrogen-bond acceptors (Lipinski definition) is 2. The minimum absolute atomic E-state index is 0.407. The summed E-state index contributed by atoms with van der Waals surface area (Å²) in [5, 5.41) is 13.5. The van der Waals surface area contributed by atoms with E-state index in [2.05, 4.69) is 10.3 Å². The predicted octanol–water partition coefficient (Wildman–Crippen LogP) is 1.38. The monoisotopic (exact) mass is 182 g/mol. The Morgan fingerprint density at radius 1 is 1.69 bits per heavy atom. The zero-order valence-electron chi connectivity index (χ0n) is 7.49. The quantitative estimate of drug-likeness (QED) is 0.717. The Balaban J connectivity index is 2.45. The van der Waals surface area contributed by atoms with Crippen LogP contribution in [0.3, 0.4) is 0 Å². The van der Waals surface area contributed by atoms with Crippen LogP contribution in [0.2, 0.25) is 0 Å². The first-order chi connectivity index (χ1) is 6.25. The van der Waals surface area contributed by atoms with E-state index in [1.807, 2.05) is 6.92 Å². The lowest BCUT2D eigenvalue weighted by atomic mass is 10.3. The van der Waals surface area contributed by atoms with Crippen LogP contribution in [0, 0.1) is 0 Å². The summed E-state index contributed by atoms with van der Waals surface area (Å²) in [5.74, 6) is 0. The summed E-state index contributed by atoms with van der Waals surface area (Å²) in [7, 11) is 0. The summed E-state index contributed by atoms with van der Waals surface area (Å²) in [6.07, 6.45) is 4.58. The van der Waals surface area contributed by atoms with Gasteiger partial charge in [0.05, 0.1) is 0 Å². The lowest BCUT2D eigenvalue weighted by Gasteiger charge is -2.03. The second-order valence-corrected chi connectivity index (χ2v) is 2.67. The lowest BCUT2D eigenvalue weighted by Crippen LogP contribution is -2.28. The van der Waals surface area contributed by atoms with Crippen LogP contribution >= 0.6 is 0 Å². The zero-order chi connectivity index (χ0) is 9.68. The third kappa shape index (κ3) is 2.47. The standard InChI is InChI=1S/C8H12N3O2/c1-2-3-4-9-7(12)11-6-5-10-8(11)13/h5-6H,2-4H2,1H3,(H,9,12). The maximum atomic E-state index is 11.2. The van der Waals surface area contributed by atoms with Crippen LogP contribution < -0.4 is 5.32 Å². The number of nitrogens with one attached hydrogen (secondary N) is 1. The van der Waals surface area contributed by atoms with Gasteiger partial charge in [-0.05, 0) is 6.42 Å². The first kappa shape index (κ1) is 9.57. The van der Waals surface area contributed by atoms with E-state index in [0.717, 1.165) is 17.4 Å². The van der Waals surface area contributed by atoms with Crippen molar-refractivity contribution in [3.05, 3.63) is 12.4 Å². The molecule has 0 bridgehead atoms. The summed E-state index contributed by atoms with van der Waals surface area (Å²) in [6, 6.07) is -0.940. The first-order valence-electron chi connectivity index (χ1n) is 4.24. The van der Waals surface area contributed by atoms with Gasteiger partial charge in [-0.15, -0.1) is 0 Å². The molecule has 0 fully saturated rings. The van der Waals surface area contributed by atoms with Gasteiger partial charge in [0.25, 0.3) is 0 Å². The maximum absolute atomic E-state index is 11.2. The number of aromatic nitrogens is 2. The van der Waals surface area contributed by atoms with Gasteiger partial charge < -0.3 is 5.32 Å². The highest BCUT2D eigenvalue weighted by atomic mass is 16.3. The molecule has 0 atom stereocenters. The van der Waals surface area contributed by atoms with E-state index in [1.165, 1.54) is 12.4 Å². The first-order valence-corrected chi connectivity index (χ1v) is 4.24. The molecule has 1 aromatic rings. The number of rotatable bonds is 3. The average Bonchev–Trinajstić information content (AvgIpc) is 2.52. The van der Waals surface area contributed by atoms with Crippen LogP contribution in [-0.4, -0.2) is 22.1 Å². The molecule has 1 rings (SSSR count). The minimum atomic E-state index is -0.533. The molecule has 1 N–H and O–H groups in total. The third-order valence-corrected chi connectivity index (χ3v) is 1.63. The van der Waals surface area contributed by atoms with Gasteiger partial charge in [0.2, 0.25) is 0 Å². The fourth-order valence-electron chi connectivity index (χ4n) is 0.902. The Morgan fingerprint density at radius 2 is 2.46 bits per heavy atom. The molecule has 13 heavy (non-hydrogen) atoms. The normalized spacial score (nSPS) is 9.92. The van der Waals surface area contributed by atoms with Gasteiger partial charge >= 0.3 is 12.0 Å². The number of carbonyl (C=O) groups is 1. The Kier molecular flexibility index (Phi) is 3.31. The molecule has 0 saturated heterocycles. The second-order valence-electron chi connectivity index (χ2n) is 2.67. The highest BCUT2D eigenvalue weighted by Gasteiger charge is 2.08. The molecule has 5 heteroatoms. The average molecular weight is 182 g/mol. The molecule has 1 amide bonds. The van der Waals surface area contributed by atoms with Crippen molar-refractivity contribution >= 4 is 6.03 Å². The van der Waals surface area contributed by atoms with Crippen molar-refractivity contribution in [3.8, 4) is 6.01 Å². The van der Waals surface area contributed by atoms with Crippen molar-refractivity contribution < 1.29 is 9.90 Å². The van der Waals surface area contributed by atoms with Crippen molar-refractivity contribution in [3.63, 3.8) is 0 Å². The van der Waals surface area contributed by atoms with E-state index in [0.29, 0.717) is 6.54 Å². The van der Waals surface area contributed by atoms with Gasteiger partial charge in [0.1, 0.15) is 0 Å². The molecule has 0 saturated carbocycles. The minimum Gasteiger partial charge on any atom is -0.337 e. The Bertz CT molecular complexity index is 283. The van der Waals surface area contributed by atoms with Crippen molar-refractivity contribution in [1.82, 2.24) is 14.9 Å². The van der Waals surface area contributed by atoms with Gasteiger partial charge in [-0.1, -0.05) is 13.3 Å². The Labute approximate surface area is 76.4 Å². The summed E-state index contributed by atoms with van der Waals surface area (Å²) in [5.41, 5.74) is 0. The topological polar surface area (TPSA) is 66.8 Å². The molecule has 1 radical (unpaired) electrons. The Morgan fingerprint density at radius 3 is 3.00 bits per heavy atom. The van der Waals surface area contributed by atoms with Crippen LogP contribution in [0.5, 0.6) is 6.01 Å². The second kappa shape index (κ2) is 4.49. The Hall–Kier alpha value is -1.52. The van der Waals surface area contributed by atoms with E-state index in [1.54, 1.807) is 0 Å². The molecule has 0 aliphatic heterocycles.